The molecule has 0 aromatic heterocycles. The lowest BCUT2D eigenvalue weighted by Crippen LogP contribution is -2.30. The minimum absolute atomic E-state index is 0.108. The Balaban J connectivity index is 5.19. The van der Waals surface area contributed by atoms with Gasteiger partial charge in [0.25, 0.3) is 0 Å². The molecular formula is C83H162O17P2. The molecule has 0 bridgehead atoms. The van der Waals surface area contributed by atoms with Crippen molar-refractivity contribution in [2.24, 2.45) is 5.92 Å². The second kappa shape index (κ2) is 75.9. The Morgan fingerprint density at radius 3 is 0.667 bits per heavy atom. The van der Waals surface area contributed by atoms with Gasteiger partial charge in [0.05, 0.1) is 26.4 Å². The topological polar surface area (TPSA) is 237 Å². The molecule has 0 radical (unpaired) electrons. The summed E-state index contributed by atoms with van der Waals surface area (Å²) in [6.45, 7) is 7.34. The fourth-order valence-corrected chi connectivity index (χ4v) is 14.5. The minimum Gasteiger partial charge on any atom is -0.462 e. The third-order valence-electron chi connectivity index (χ3n) is 19.5. The maximum Gasteiger partial charge on any atom is 0.472 e. The van der Waals surface area contributed by atoms with Gasteiger partial charge in [-0.15, -0.1) is 0 Å². The molecule has 102 heavy (non-hydrogen) atoms. The van der Waals surface area contributed by atoms with E-state index < -0.39 is 97.5 Å². The molecular weight excluding hydrogens is 1330 g/mol. The van der Waals surface area contributed by atoms with E-state index in [9.17, 15) is 43.2 Å². The van der Waals surface area contributed by atoms with Crippen LogP contribution in [-0.2, 0) is 65.4 Å². The molecule has 0 rings (SSSR count). The lowest BCUT2D eigenvalue weighted by Gasteiger charge is -2.21. The van der Waals surface area contributed by atoms with Crippen LogP contribution in [0.3, 0.4) is 0 Å². The van der Waals surface area contributed by atoms with E-state index in [0.717, 1.165) is 102 Å². The Bertz CT molecular complexity index is 1940. The Morgan fingerprint density at radius 1 is 0.265 bits per heavy atom. The first kappa shape index (κ1) is 100. The molecule has 0 aliphatic heterocycles. The van der Waals surface area contributed by atoms with Crippen LogP contribution in [0.2, 0.25) is 0 Å². The van der Waals surface area contributed by atoms with Gasteiger partial charge < -0.3 is 33.8 Å². The number of phosphoric ester groups is 2. The highest BCUT2D eigenvalue weighted by molar-refractivity contribution is 7.47. The van der Waals surface area contributed by atoms with E-state index in [1.165, 1.54) is 263 Å². The predicted octanol–water partition coefficient (Wildman–Crippen LogP) is 25.2. The van der Waals surface area contributed by atoms with Crippen LogP contribution in [0.15, 0.2) is 0 Å². The summed E-state index contributed by atoms with van der Waals surface area (Å²) in [6.07, 6.45) is 68.1. The number of rotatable bonds is 83. The van der Waals surface area contributed by atoms with E-state index >= 15 is 0 Å². The molecule has 2 unspecified atom stereocenters. The highest BCUT2D eigenvalue weighted by Gasteiger charge is 2.30. The molecule has 606 valence electrons. The molecule has 0 spiro atoms. The molecule has 19 heteroatoms. The highest BCUT2D eigenvalue weighted by Crippen LogP contribution is 2.45. The lowest BCUT2D eigenvalue weighted by atomic mass is 10.0. The molecule has 0 aromatic rings. The van der Waals surface area contributed by atoms with Gasteiger partial charge in [0.1, 0.15) is 19.3 Å². The Hall–Kier alpha value is -1.94. The van der Waals surface area contributed by atoms with Crippen LogP contribution in [-0.4, -0.2) is 96.7 Å². The monoisotopic (exact) mass is 1490 g/mol. The Morgan fingerprint density at radius 2 is 0.451 bits per heavy atom. The van der Waals surface area contributed by atoms with Gasteiger partial charge in [-0.25, -0.2) is 9.13 Å². The van der Waals surface area contributed by atoms with Crippen LogP contribution in [0.4, 0.5) is 0 Å². The average molecular weight is 1490 g/mol. The molecule has 0 aliphatic rings. The first-order chi connectivity index (χ1) is 49.5. The maximum absolute atomic E-state index is 13.1. The summed E-state index contributed by atoms with van der Waals surface area (Å²) in [5.41, 5.74) is 0. The number of hydrogen-bond acceptors (Lipinski definition) is 15. The van der Waals surface area contributed by atoms with Crippen LogP contribution >= 0.6 is 15.6 Å². The van der Waals surface area contributed by atoms with Gasteiger partial charge in [-0.3, -0.25) is 37.3 Å². The number of ether oxygens (including phenoxy) is 4. The quantitative estimate of drug-likeness (QED) is 0.0222. The fourth-order valence-electron chi connectivity index (χ4n) is 12.9. The molecule has 3 N–H and O–H groups in total. The maximum atomic E-state index is 13.1. The number of aliphatic hydroxyl groups excluding tert-OH is 1. The van der Waals surface area contributed by atoms with Gasteiger partial charge in [-0.2, -0.15) is 0 Å². The van der Waals surface area contributed by atoms with E-state index in [0.29, 0.717) is 25.7 Å². The number of hydrogen-bond donors (Lipinski definition) is 3. The predicted molar refractivity (Wildman–Crippen MR) is 418 cm³/mol. The van der Waals surface area contributed by atoms with Crippen molar-refractivity contribution in [1.29, 1.82) is 0 Å². The van der Waals surface area contributed by atoms with Crippen LogP contribution in [0.25, 0.3) is 0 Å². The number of unbranched alkanes of at least 4 members (excludes halogenated alkanes) is 55. The Kier molecular flexibility index (Phi) is 74.4. The molecule has 0 amide bonds. The van der Waals surface area contributed by atoms with Crippen molar-refractivity contribution in [3.8, 4) is 0 Å². The van der Waals surface area contributed by atoms with Gasteiger partial charge in [0.15, 0.2) is 12.2 Å². The normalized spacial score (nSPS) is 13.8. The van der Waals surface area contributed by atoms with E-state index in [1.807, 2.05) is 0 Å². The molecule has 0 saturated carbocycles. The van der Waals surface area contributed by atoms with Gasteiger partial charge >= 0.3 is 39.5 Å². The second-order valence-electron chi connectivity index (χ2n) is 30.3. The average Bonchev–Trinajstić information content (AvgIpc) is 0.934. The molecule has 5 atom stereocenters. The van der Waals surface area contributed by atoms with Gasteiger partial charge in [-0.1, -0.05) is 394 Å². The summed E-state index contributed by atoms with van der Waals surface area (Å²) < 4.78 is 68.7. The molecule has 0 aromatic carbocycles. The standard InChI is InChI=1S/C83H162O17P2/c1-6-9-12-15-18-21-23-25-27-29-31-33-35-40-44-48-53-58-63-68-83(88)100-79(73-94-81(86)67-62-57-52-47-43-39-34-32-30-28-26-24-22-19-16-13-10-7-2)75-98-102(91,92)96-71-77(84)70-95-101(89,90)97-74-78(72-93-80(85)66-61-56-51-20-17-14-11-8-3)99-82(87)69-64-59-54-49-45-41-37-36-38-42-46-50-55-60-65-76(4)5/h76-79,84H,6-75H2,1-5H3,(H,89,90)(H,91,92)/t77-,78+,79+/m0/s1. The van der Waals surface area contributed by atoms with E-state index in [2.05, 4.69) is 34.6 Å². The number of aliphatic hydroxyl groups is 1. The van der Waals surface area contributed by atoms with E-state index in [4.69, 9.17) is 37.0 Å². The van der Waals surface area contributed by atoms with Crippen molar-refractivity contribution in [3.63, 3.8) is 0 Å². The van der Waals surface area contributed by atoms with Crippen LogP contribution < -0.4 is 0 Å². The fraction of sp³-hybridized carbons (Fsp3) is 0.952. The largest absolute Gasteiger partial charge is 0.472 e. The zero-order chi connectivity index (χ0) is 74.8. The van der Waals surface area contributed by atoms with Crippen LogP contribution in [0, 0.1) is 5.92 Å². The van der Waals surface area contributed by atoms with Crippen LogP contribution in [0.1, 0.15) is 446 Å². The zero-order valence-corrected chi connectivity index (χ0v) is 68.5. The summed E-state index contributed by atoms with van der Waals surface area (Å²) in [5, 5.41) is 10.6. The highest BCUT2D eigenvalue weighted by atomic mass is 31.2. The van der Waals surface area contributed by atoms with E-state index in [1.54, 1.807) is 0 Å². The van der Waals surface area contributed by atoms with Crippen molar-refractivity contribution in [3.05, 3.63) is 0 Å². The summed E-state index contributed by atoms with van der Waals surface area (Å²) in [6, 6.07) is 0. The summed E-state index contributed by atoms with van der Waals surface area (Å²) in [7, 11) is -9.92. The first-order valence-electron chi connectivity index (χ1n) is 43.1. The SMILES string of the molecule is CCCCCCCCCCCCCCCCCCCCCC(=O)O[C@H](COC(=O)CCCCCCCCCCCCCCCCCCCC)COP(=O)(O)OC[C@@H](O)COP(=O)(O)OC[C@@H](COC(=O)CCCCCCCCCC)OC(=O)CCCCCCCCCCCCCCCCC(C)C. The number of esters is 4. The van der Waals surface area contributed by atoms with Crippen molar-refractivity contribution in [2.75, 3.05) is 39.6 Å². The van der Waals surface area contributed by atoms with Crippen molar-refractivity contribution in [1.82, 2.24) is 0 Å². The minimum atomic E-state index is -4.96. The van der Waals surface area contributed by atoms with Gasteiger partial charge in [0.2, 0.25) is 0 Å². The summed E-state index contributed by atoms with van der Waals surface area (Å²) in [5.74, 6) is -1.31. The number of carbonyl (C=O) groups excluding carboxylic acids is 4. The number of phosphoric acid groups is 2. The van der Waals surface area contributed by atoms with Crippen molar-refractivity contribution in [2.45, 2.75) is 464 Å². The zero-order valence-electron chi connectivity index (χ0n) is 66.8. The van der Waals surface area contributed by atoms with E-state index in [-0.39, 0.29) is 25.7 Å². The second-order valence-corrected chi connectivity index (χ2v) is 33.3. The van der Waals surface area contributed by atoms with Gasteiger partial charge in [-0.05, 0) is 31.6 Å². The van der Waals surface area contributed by atoms with Crippen molar-refractivity contribution >= 4 is 39.5 Å². The smallest absolute Gasteiger partial charge is 0.462 e. The molecule has 17 nitrogen and oxygen atoms in total. The molecule has 0 aliphatic carbocycles. The van der Waals surface area contributed by atoms with Gasteiger partial charge in [0, 0.05) is 25.7 Å². The summed E-state index contributed by atoms with van der Waals surface area (Å²) >= 11 is 0. The molecule has 0 heterocycles. The third-order valence-corrected chi connectivity index (χ3v) is 21.4. The third kappa shape index (κ3) is 76.3. The first-order valence-corrected chi connectivity index (χ1v) is 46.1. The van der Waals surface area contributed by atoms with Crippen LogP contribution in [0.5, 0.6) is 0 Å². The molecule has 0 fully saturated rings. The Labute approximate surface area is 626 Å². The lowest BCUT2D eigenvalue weighted by molar-refractivity contribution is -0.161. The molecule has 0 saturated heterocycles. The number of carbonyl (C=O) groups is 4. The van der Waals surface area contributed by atoms with Crippen molar-refractivity contribution < 1.29 is 80.2 Å². The summed E-state index contributed by atoms with van der Waals surface area (Å²) in [4.78, 5) is 73.0.